The molecule has 158 valence electrons. The predicted molar refractivity (Wildman–Crippen MR) is 94.3 cm³/mol. The predicted octanol–water partition coefficient (Wildman–Crippen LogP) is 0.670. The number of hydrogen-bond acceptors (Lipinski definition) is 9. The van der Waals surface area contributed by atoms with Gasteiger partial charge in [-0.1, -0.05) is 13.8 Å². The zero-order chi connectivity index (χ0) is 21.1. The molecule has 0 aromatic heterocycles. The average Bonchev–Trinajstić information content (AvgIpc) is 2.86. The Labute approximate surface area is 163 Å². The first-order valence-electron chi connectivity index (χ1n) is 9.26. The average molecular weight is 400 g/mol. The van der Waals surface area contributed by atoms with E-state index in [1.165, 1.54) is 20.1 Å². The molecule has 28 heavy (non-hydrogen) atoms. The van der Waals surface area contributed by atoms with Gasteiger partial charge < -0.3 is 29.2 Å². The highest BCUT2D eigenvalue weighted by Gasteiger charge is 2.63. The molecule has 1 aliphatic carbocycles. The molecule has 1 fully saturated rings. The highest BCUT2D eigenvalue weighted by molar-refractivity contribution is 5.70. The van der Waals surface area contributed by atoms with Crippen molar-refractivity contribution in [3.05, 3.63) is 11.8 Å². The van der Waals surface area contributed by atoms with E-state index in [0.717, 1.165) is 0 Å². The lowest BCUT2D eigenvalue weighted by Crippen LogP contribution is -2.55. The van der Waals surface area contributed by atoms with Crippen molar-refractivity contribution in [2.45, 2.75) is 58.5 Å². The molecule has 0 bridgehead atoms. The first-order valence-corrected chi connectivity index (χ1v) is 9.26. The number of aliphatic hydroxyl groups excluding tert-OH is 1. The molecule has 0 radical (unpaired) electrons. The number of aliphatic hydroxyl groups is 2. The fourth-order valence-electron chi connectivity index (χ4n) is 3.80. The maximum Gasteiger partial charge on any atom is 0.309 e. The van der Waals surface area contributed by atoms with Gasteiger partial charge in [0.2, 0.25) is 6.29 Å². The molecule has 2 N–H and O–H groups in total. The Morgan fingerprint density at radius 3 is 2.46 bits per heavy atom. The minimum Gasteiger partial charge on any atom is -0.463 e. The Morgan fingerprint density at radius 2 is 1.93 bits per heavy atom. The Hall–Kier alpha value is -2.13. The number of esters is 3. The Kier molecular flexibility index (Phi) is 7.06. The van der Waals surface area contributed by atoms with Crippen molar-refractivity contribution < 1.29 is 43.5 Å². The third-order valence-corrected chi connectivity index (χ3v) is 4.98. The quantitative estimate of drug-likeness (QED) is 0.468. The molecule has 0 spiro atoms. The van der Waals surface area contributed by atoms with Crippen LogP contribution in [-0.2, 0) is 33.3 Å². The fourth-order valence-corrected chi connectivity index (χ4v) is 3.80. The lowest BCUT2D eigenvalue weighted by Gasteiger charge is -2.40. The van der Waals surface area contributed by atoms with Crippen LogP contribution in [0.5, 0.6) is 0 Å². The van der Waals surface area contributed by atoms with Crippen LogP contribution in [-0.4, -0.2) is 59.3 Å². The third-order valence-electron chi connectivity index (χ3n) is 4.98. The SMILES string of the molecule is CC(=O)OCC1(O)C(OC(C)=O)CC2C(CO)=COC(OC(=O)CC(C)C)C21. The van der Waals surface area contributed by atoms with Gasteiger partial charge in [0.25, 0.3) is 0 Å². The van der Waals surface area contributed by atoms with Crippen LogP contribution in [0.2, 0.25) is 0 Å². The Balaban J connectivity index is 2.36. The molecule has 5 unspecified atom stereocenters. The van der Waals surface area contributed by atoms with Gasteiger partial charge in [-0.05, 0) is 17.9 Å². The zero-order valence-electron chi connectivity index (χ0n) is 16.5. The summed E-state index contributed by atoms with van der Waals surface area (Å²) in [6.07, 6.45) is -0.578. The van der Waals surface area contributed by atoms with Gasteiger partial charge in [-0.2, -0.15) is 0 Å². The summed E-state index contributed by atoms with van der Waals surface area (Å²) in [6.45, 7) is 5.30. The maximum absolute atomic E-state index is 12.2. The van der Waals surface area contributed by atoms with Crippen molar-refractivity contribution >= 4 is 17.9 Å². The van der Waals surface area contributed by atoms with Crippen molar-refractivity contribution in [2.75, 3.05) is 13.2 Å². The molecular weight excluding hydrogens is 372 g/mol. The van der Waals surface area contributed by atoms with Crippen molar-refractivity contribution in [1.82, 2.24) is 0 Å². The topological polar surface area (TPSA) is 129 Å². The number of carbonyl (C=O) groups excluding carboxylic acids is 3. The van der Waals surface area contributed by atoms with E-state index in [9.17, 15) is 24.6 Å². The van der Waals surface area contributed by atoms with E-state index in [1.807, 2.05) is 13.8 Å². The van der Waals surface area contributed by atoms with Gasteiger partial charge in [0, 0.05) is 26.2 Å². The molecule has 9 heteroatoms. The van der Waals surface area contributed by atoms with Crippen LogP contribution in [0.15, 0.2) is 11.8 Å². The summed E-state index contributed by atoms with van der Waals surface area (Å²) in [4.78, 5) is 35.0. The van der Waals surface area contributed by atoms with E-state index in [1.54, 1.807) is 0 Å². The molecule has 0 aromatic carbocycles. The molecule has 5 atom stereocenters. The minimum atomic E-state index is -1.85. The van der Waals surface area contributed by atoms with Crippen molar-refractivity contribution in [3.8, 4) is 0 Å². The van der Waals surface area contributed by atoms with Gasteiger partial charge in [-0.3, -0.25) is 14.4 Å². The van der Waals surface area contributed by atoms with Crippen molar-refractivity contribution in [3.63, 3.8) is 0 Å². The molecule has 0 aromatic rings. The number of carbonyl (C=O) groups is 3. The molecule has 2 rings (SSSR count). The van der Waals surface area contributed by atoms with Gasteiger partial charge in [-0.15, -0.1) is 0 Å². The number of rotatable bonds is 7. The number of ether oxygens (including phenoxy) is 4. The van der Waals surface area contributed by atoms with Gasteiger partial charge in [0.1, 0.15) is 18.3 Å². The van der Waals surface area contributed by atoms with Gasteiger partial charge in [-0.25, -0.2) is 0 Å². The number of fused-ring (bicyclic) bond motifs is 1. The summed E-state index contributed by atoms with van der Waals surface area (Å²) in [7, 11) is 0. The monoisotopic (exact) mass is 400 g/mol. The molecule has 9 nitrogen and oxygen atoms in total. The van der Waals surface area contributed by atoms with Crippen LogP contribution in [0.1, 0.15) is 40.5 Å². The largest absolute Gasteiger partial charge is 0.463 e. The van der Waals surface area contributed by atoms with Crippen LogP contribution >= 0.6 is 0 Å². The third kappa shape index (κ3) is 4.82. The summed E-state index contributed by atoms with van der Waals surface area (Å²) in [5.41, 5.74) is -1.38. The second-order valence-electron chi connectivity index (χ2n) is 7.68. The number of hydrogen-bond donors (Lipinski definition) is 2. The van der Waals surface area contributed by atoms with E-state index in [0.29, 0.717) is 5.57 Å². The first kappa shape index (κ1) is 22.2. The van der Waals surface area contributed by atoms with Crippen LogP contribution in [0.25, 0.3) is 0 Å². The molecule has 0 saturated heterocycles. The van der Waals surface area contributed by atoms with Crippen molar-refractivity contribution in [2.24, 2.45) is 17.8 Å². The Bertz CT molecular complexity index is 641. The summed E-state index contributed by atoms with van der Waals surface area (Å²) >= 11 is 0. The van der Waals surface area contributed by atoms with E-state index < -0.39 is 54.3 Å². The lowest BCUT2D eigenvalue weighted by atomic mass is 9.80. The molecule has 1 heterocycles. The van der Waals surface area contributed by atoms with Crippen LogP contribution < -0.4 is 0 Å². The minimum absolute atomic E-state index is 0.0627. The summed E-state index contributed by atoms with van der Waals surface area (Å²) in [5, 5.41) is 21.0. The van der Waals surface area contributed by atoms with E-state index in [2.05, 4.69) is 0 Å². The maximum atomic E-state index is 12.2. The fraction of sp³-hybridized carbons (Fsp3) is 0.737. The van der Waals surface area contributed by atoms with Gasteiger partial charge in [0.15, 0.2) is 0 Å². The molecule has 1 aliphatic heterocycles. The normalized spacial score (nSPS) is 31.5. The van der Waals surface area contributed by atoms with Gasteiger partial charge in [0.05, 0.1) is 18.8 Å². The van der Waals surface area contributed by atoms with Gasteiger partial charge >= 0.3 is 17.9 Å². The standard InChI is InChI=1S/C19H28O9/c1-10(2)5-16(23)28-18-17-14(13(7-20)8-25-18)6-15(27-12(4)22)19(17,24)9-26-11(3)21/h8,10,14-15,17-18,20,24H,5-7,9H2,1-4H3. The highest BCUT2D eigenvalue weighted by Crippen LogP contribution is 2.50. The molecule has 2 aliphatic rings. The van der Waals surface area contributed by atoms with Crippen LogP contribution in [0.3, 0.4) is 0 Å². The van der Waals surface area contributed by atoms with Crippen LogP contribution in [0.4, 0.5) is 0 Å². The van der Waals surface area contributed by atoms with Crippen molar-refractivity contribution in [1.29, 1.82) is 0 Å². The van der Waals surface area contributed by atoms with E-state index >= 15 is 0 Å². The summed E-state index contributed by atoms with van der Waals surface area (Å²) in [5.74, 6) is -3.06. The van der Waals surface area contributed by atoms with Crippen LogP contribution in [0, 0.1) is 17.8 Å². The lowest BCUT2D eigenvalue weighted by molar-refractivity contribution is -0.225. The summed E-state index contributed by atoms with van der Waals surface area (Å²) < 4.78 is 21.2. The zero-order valence-corrected chi connectivity index (χ0v) is 16.5. The smallest absolute Gasteiger partial charge is 0.309 e. The Morgan fingerprint density at radius 1 is 1.25 bits per heavy atom. The molecule has 0 amide bonds. The van der Waals surface area contributed by atoms with E-state index in [4.69, 9.17) is 18.9 Å². The first-order chi connectivity index (χ1) is 13.1. The molecular formula is C19H28O9. The second kappa shape index (κ2) is 8.91. The highest BCUT2D eigenvalue weighted by atomic mass is 16.7. The second-order valence-corrected chi connectivity index (χ2v) is 7.68. The summed E-state index contributed by atoms with van der Waals surface area (Å²) in [6, 6.07) is 0. The van der Waals surface area contributed by atoms with E-state index in [-0.39, 0.29) is 25.4 Å². The molecule has 1 saturated carbocycles.